The van der Waals surface area contributed by atoms with Crippen molar-refractivity contribution >= 4 is 64.1 Å². The zero-order chi connectivity index (χ0) is 50.5. The van der Waals surface area contributed by atoms with E-state index in [2.05, 4.69) is 67.4 Å². The van der Waals surface area contributed by atoms with Gasteiger partial charge < -0.3 is 38.9 Å². The highest BCUT2D eigenvalue weighted by Gasteiger charge is 2.43. The Hall–Kier alpha value is -5.49. The summed E-state index contributed by atoms with van der Waals surface area (Å²) in [5.41, 5.74) is 7.96. The lowest BCUT2D eigenvalue weighted by molar-refractivity contribution is -0.147. The Kier molecular flexibility index (Phi) is 16.9. The number of hydrogen-bond donors (Lipinski definition) is 2. The topological polar surface area (TPSA) is 171 Å². The van der Waals surface area contributed by atoms with Gasteiger partial charge in [0, 0.05) is 92.5 Å². The van der Waals surface area contributed by atoms with Gasteiger partial charge in [-0.2, -0.15) is 0 Å². The van der Waals surface area contributed by atoms with Crippen molar-refractivity contribution in [2.24, 2.45) is 16.3 Å². The minimum atomic E-state index is -1.21. The molecule has 0 saturated carbocycles. The number of allylic oxidation sites excluding steroid dienone is 2. The number of fused-ring (bicyclic) bond motifs is 6. The number of likely N-dealkylation sites (N-methyl/N-ethyl adjacent to an activating group) is 1. The van der Waals surface area contributed by atoms with Gasteiger partial charge in [-0.15, -0.1) is 11.3 Å². The molecule has 374 valence electrons. The number of urea groups is 1. The average molecular weight is 968 g/mol. The van der Waals surface area contributed by atoms with Gasteiger partial charge in [-0.05, 0) is 89.0 Å². The molecule has 6 rings (SSSR count). The van der Waals surface area contributed by atoms with Crippen LogP contribution in [0.25, 0.3) is 27.7 Å². The molecule has 2 fully saturated rings. The highest BCUT2D eigenvalue weighted by molar-refractivity contribution is 7.10. The summed E-state index contributed by atoms with van der Waals surface area (Å²) in [6.45, 7) is 27.5. The second kappa shape index (κ2) is 22.1. The quantitative estimate of drug-likeness (QED) is 0.0870. The van der Waals surface area contributed by atoms with Crippen molar-refractivity contribution in [1.29, 1.82) is 0 Å². The molecule has 3 aliphatic rings. The molecule has 5 amide bonds. The van der Waals surface area contributed by atoms with Crippen LogP contribution in [0.3, 0.4) is 0 Å². The molecule has 5 heterocycles. The van der Waals surface area contributed by atoms with Gasteiger partial charge in [-0.3, -0.25) is 24.4 Å². The van der Waals surface area contributed by atoms with Crippen LogP contribution < -0.4 is 10.7 Å². The molecule has 2 saturated heterocycles. The summed E-state index contributed by atoms with van der Waals surface area (Å²) in [6.07, 6.45) is 7.03. The molecule has 2 N–H and O–H groups in total. The fourth-order valence-corrected chi connectivity index (χ4v) is 11.0. The van der Waals surface area contributed by atoms with Gasteiger partial charge in [0.1, 0.15) is 23.9 Å². The number of aromatic nitrogens is 2. The molecule has 0 unspecified atom stereocenters. The maximum atomic E-state index is 14.8. The van der Waals surface area contributed by atoms with Gasteiger partial charge in [-0.1, -0.05) is 53.0 Å². The number of hydrazine groups is 1. The monoisotopic (exact) mass is 968 g/mol. The number of nitrogens with zero attached hydrogens (tertiary/aromatic N) is 7. The van der Waals surface area contributed by atoms with Crippen LogP contribution in [0.2, 0.25) is 0 Å². The average Bonchev–Trinajstić information content (AvgIpc) is 3.91. The number of hydrogen-bond acceptors (Lipinski definition) is 11. The first-order valence-electron chi connectivity index (χ1n) is 24.2. The molecule has 0 radical (unpaired) electrons. The van der Waals surface area contributed by atoms with Crippen LogP contribution in [0.5, 0.6) is 0 Å². The molecule has 3 aromatic rings. The summed E-state index contributed by atoms with van der Waals surface area (Å²) in [5.74, 6) is -1.48. The fourth-order valence-electron chi connectivity index (χ4n) is 10.1. The van der Waals surface area contributed by atoms with Crippen LogP contribution in [0.15, 0.2) is 59.6 Å². The summed E-state index contributed by atoms with van der Waals surface area (Å²) in [5, 5.41) is 8.11. The molecule has 3 aliphatic heterocycles. The van der Waals surface area contributed by atoms with Crippen LogP contribution in [0.4, 0.5) is 4.79 Å². The zero-order valence-corrected chi connectivity index (χ0v) is 43.3. The molecule has 0 spiro atoms. The number of aryl methyl sites for hydroxylation is 1. The summed E-state index contributed by atoms with van der Waals surface area (Å²) in [7, 11) is 3.27. The molecule has 2 aromatic heterocycles. The predicted octanol–water partition coefficient (Wildman–Crippen LogP) is 6.68. The van der Waals surface area contributed by atoms with E-state index in [1.54, 1.807) is 30.2 Å². The SMILES string of the molecule is C=CC(=O)N1C[C@@H](C)N(C(=O)N(C)[C@H](C(=O)N[C@H]2Cc3nc(cs3)-c3ccc4c(c3)c(c(/C(C=C)=C(/N=CC)[C@H](C)OC)n4CC)CC(C)(C)COC[C@@]3(C=O)CCCN(N3)C2=O)C(C)C)C[C@H]1C. The van der Waals surface area contributed by atoms with Crippen molar-refractivity contribution < 1.29 is 33.4 Å². The first-order chi connectivity index (χ1) is 32.8. The van der Waals surface area contributed by atoms with Crippen LogP contribution in [-0.2, 0) is 48.0 Å². The van der Waals surface area contributed by atoms with Gasteiger partial charge in [-0.25, -0.2) is 15.2 Å². The number of rotatable bonds is 12. The molecule has 6 bridgehead atoms. The number of aliphatic imine (C=N–C) groups is 1. The number of carbonyl (C=O) groups is 5. The lowest BCUT2D eigenvalue weighted by Crippen LogP contribution is -2.67. The number of piperazine rings is 1. The van der Waals surface area contributed by atoms with E-state index >= 15 is 0 Å². The molecule has 1 aromatic carbocycles. The van der Waals surface area contributed by atoms with E-state index < -0.39 is 34.9 Å². The molecule has 6 atom stereocenters. The minimum Gasteiger partial charge on any atom is -0.378 e. The van der Waals surface area contributed by atoms with Crippen LogP contribution in [-0.4, -0.2) is 148 Å². The number of thiazole rings is 1. The Morgan fingerprint density at radius 1 is 1.12 bits per heavy atom. The number of carbonyl (C=O) groups excluding carboxylic acids is 5. The molecule has 16 nitrogen and oxygen atoms in total. The fraction of sp³-hybridized carbons (Fsp3) is 0.558. The number of aldehydes is 1. The van der Waals surface area contributed by atoms with Gasteiger partial charge in [0.25, 0.3) is 5.91 Å². The first kappa shape index (κ1) is 52.9. The Morgan fingerprint density at radius 3 is 2.46 bits per heavy atom. The summed E-state index contributed by atoms with van der Waals surface area (Å²) in [6, 6.07) is 3.34. The third kappa shape index (κ3) is 11.1. The summed E-state index contributed by atoms with van der Waals surface area (Å²) in [4.78, 5) is 84.2. The standard InChI is InChI=1S/C52H73N9O7S/c1-14-37(45(53-16-3)35(9)67-13)47-39-25-51(10,11)30-68-31-52(29-62)21-18-22-61(56-52)49(65)40(24-43-54-41(28-69-43)36-19-20-42(38(39)23-36)58(47)17-4)55-48(64)46(32(5)6)57(12)50(66)60-27-33(7)59(26-34(60)8)44(63)15-2/h14-16,19-20,23,28-29,32-35,40,46,56H,1-2,17-18,21-22,24-27,30-31H2,3-13H3,(H,55,64)/b45-37+,53-16?/t33-,34-,35+,40+,46+,52+/m1/s1. The predicted molar refractivity (Wildman–Crippen MR) is 273 cm³/mol. The highest BCUT2D eigenvalue weighted by Crippen LogP contribution is 2.40. The maximum absolute atomic E-state index is 14.8. The van der Waals surface area contributed by atoms with Crippen molar-refractivity contribution in [3.63, 3.8) is 0 Å². The number of benzene rings is 1. The largest absolute Gasteiger partial charge is 0.378 e. The van der Waals surface area contributed by atoms with E-state index in [1.165, 1.54) is 27.3 Å². The smallest absolute Gasteiger partial charge is 0.320 e. The van der Waals surface area contributed by atoms with Crippen molar-refractivity contribution in [2.75, 3.05) is 47.0 Å². The van der Waals surface area contributed by atoms with Gasteiger partial charge in [0.15, 0.2) is 0 Å². The Bertz CT molecular complexity index is 2490. The Labute approximate surface area is 411 Å². The number of ether oxygens (including phenoxy) is 2. The second-order valence-corrected chi connectivity index (χ2v) is 20.8. The third-order valence-electron chi connectivity index (χ3n) is 13.7. The maximum Gasteiger partial charge on any atom is 0.320 e. The van der Waals surface area contributed by atoms with Crippen molar-refractivity contribution in [1.82, 2.24) is 40.0 Å². The summed E-state index contributed by atoms with van der Waals surface area (Å²) < 4.78 is 14.7. The van der Waals surface area contributed by atoms with Crippen molar-refractivity contribution in [3.8, 4) is 11.3 Å². The van der Waals surface area contributed by atoms with E-state index in [0.717, 1.165) is 51.0 Å². The Morgan fingerprint density at radius 2 is 1.83 bits per heavy atom. The summed E-state index contributed by atoms with van der Waals surface area (Å²) >= 11 is 1.40. The second-order valence-electron chi connectivity index (χ2n) is 19.9. The van der Waals surface area contributed by atoms with E-state index in [9.17, 15) is 24.0 Å². The lowest BCUT2D eigenvalue weighted by atomic mass is 9.84. The first-order valence-corrected chi connectivity index (χ1v) is 25.0. The minimum absolute atomic E-state index is 0.0121. The number of amides is 5. The van der Waals surface area contributed by atoms with Gasteiger partial charge >= 0.3 is 6.03 Å². The molecule has 17 heteroatoms. The van der Waals surface area contributed by atoms with E-state index in [1.807, 2.05) is 53.0 Å². The van der Waals surface area contributed by atoms with Crippen molar-refractivity contribution in [2.45, 2.75) is 130 Å². The molecular weight excluding hydrogens is 895 g/mol. The van der Waals surface area contributed by atoms with Crippen molar-refractivity contribution in [3.05, 3.63) is 70.9 Å². The van der Waals surface area contributed by atoms with Gasteiger partial charge in [0.2, 0.25) is 11.8 Å². The van der Waals surface area contributed by atoms with Gasteiger partial charge in [0.05, 0.1) is 41.4 Å². The molecule has 69 heavy (non-hydrogen) atoms. The zero-order valence-electron chi connectivity index (χ0n) is 42.5. The normalized spacial score (nSPS) is 23.6. The lowest BCUT2D eigenvalue weighted by Gasteiger charge is -2.46. The Balaban J connectivity index is 1.42. The van der Waals surface area contributed by atoms with Crippen LogP contribution >= 0.6 is 11.3 Å². The van der Waals surface area contributed by atoms with Crippen LogP contribution in [0.1, 0.15) is 91.4 Å². The highest BCUT2D eigenvalue weighted by atomic mass is 32.1. The molecule has 0 aliphatic carbocycles. The van der Waals surface area contributed by atoms with Crippen LogP contribution in [0, 0.1) is 11.3 Å². The van der Waals surface area contributed by atoms with E-state index in [4.69, 9.17) is 19.5 Å². The number of nitrogens with one attached hydrogen (secondary N) is 2. The van der Waals surface area contributed by atoms with E-state index in [-0.39, 0.29) is 55.6 Å². The number of methoxy groups -OCH3 is 1. The third-order valence-corrected chi connectivity index (χ3v) is 14.6. The van der Waals surface area contributed by atoms with E-state index in [0.29, 0.717) is 50.5 Å². The molecular formula is C52H73N9O7S.